The molecule has 0 aliphatic carbocycles. The number of ether oxygens (including phenoxy) is 2. The number of nitrogens with zero attached hydrogens (tertiary/aromatic N) is 2. The second-order valence-corrected chi connectivity index (χ2v) is 7.65. The minimum absolute atomic E-state index is 0.456. The van der Waals surface area contributed by atoms with Gasteiger partial charge in [0.25, 0.3) is 0 Å². The van der Waals surface area contributed by atoms with Crippen molar-refractivity contribution in [3.8, 4) is 11.5 Å². The normalized spacial score (nSPS) is 11.0. The summed E-state index contributed by atoms with van der Waals surface area (Å²) in [6, 6.07) is 24.6. The largest absolute Gasteiger partial charge is 0.494 e. The first-order valence-corrected chi connectivity index (χ1v) is 10.5. The Morgan fingerprint density at radius 2 is 1.47 bits per heavy atom. The van der Waals surface area contributed by atoms with Crippen molar-refractivity contribution in [1.29, 1.82) is 0 Å². The van der Waals surface area contributed by atoms with Crippen LogP contribution < -0.4 is 9.47 Å². The first-order chi connectivity index (χ1) is 14.7. The quantitative estimate of drug-likeness (QED) is 0.319. The number of hydrogen-bond acceptors (Lipinski definition) is 3. The average Bonchev–Trinajstić information content (AvgIpc) is 3.10. The third kappa shape index (κ3) is 5.01. The molecule has 0 radical (unpaired) electrons. The van der Waals surface area contributed by atoms with Crippen molar-refractivity contribution in [2.24, 2.45) is 0 Å². The zero-order valence-electron chi connectivity index (χ0n) is 17.7. The van der Waals surface area contributed by atoms with E-state index in [2.05, 4.69) is 60.9 Å². The molecular formula is C26H28N2O2. The van der Waals surface area contributed by atoms with E-state index in [0.29, 0.717) is 13.2 Å². The van der Waals surface area contributed by atoms with E-state index in [9.17, 15) is 0 Å². The first-order valence-electron chi connectivity index (χ1n) is 10.5. The van der Waals surface area contributed by atoms with Crippen LogP contribution in [0.25, 0.3) is 11.0 Å². The molecule has 0 aliphatic rings. The molecule has 0 N–H and O–H groups in total. The van der Waals surface area contributed by atoms with Gasteiger partial charge in [0, 0.05) is 6.54 Å². The second-order valence-electron chi connectivity index (χ2n) is 7.65. The molecule has 0 amide bonds. The summed E-state index contributed by atoms with van der Waals surface area (Å²) in [4.78, 5) is 4.81. The van der Waals surface area contributed by atoms with Gasteiger partial charge in [-0.2, -0.15) is 0 Å². The van der Waals surface area contributed by atoms with Gasteiger partial charge in [0.05, 0.1) is 17.6 Å². The lowest BCUT2D eigenvalue weighted by molar-refractivity contribution is 0.285. The van der Waals surface area contributed by atoms with E-state index in [4.69, 9.17) is 14.5 Å². The van der Waals surface area contributed by atoms with E-state index < -0.39 is 0 Å². The summed E-state index contributed by atoms with van der Waals surface area (Å²) in [6.07, 6.45) is 2.00. The summed E-state index contributed by atoms with van der Waals surface area (Å²) < 4.78 is 14.2. The van der Waals surface area contributed by atoms with E-state index in [1.54, 1.807) is 0 Å². The third-order valence-corrected chi connectivity index (χ3v) is 5.13. The number of hydrogen-bond donors (Lipinski definition) is 0. The van der Waals surface area contributed by atoms with Crippen LogP contribution in [-0.4, -0.2) is 16.2 Å². The van der Waals surface area contributed by atoms with Crippen molar-refractivity contribution in [3.05, 3.63) is 89.7 Å². The Morgan fingerprint density at radius 1 is 0.767 bits per heavy atom. The molecule has 0 atom stereocenters. The van der Waals surface area contributed by atoms with E-state index in [1.165, 1.54) is 11.1 Å². The number of benzene rings is 3. The summed E-state index contributed by atoms with van der Waals surface area (Å²) in [5, 5.41) is 0. The van der Waals surface area contributed by atoms with Crippen LogP contribution in [0.2, 0.25) is 0 Å². The summed E-state index contributed by atoms with van der Waals surface area (Å²) in [5.74, 6) is 2.77. The predicted molar refractivity (Wildman–Crippen MR) is 121 cm³/mol. The van der Waals surface area contributed by atoms with Gasteiger partial charge in [-0.1, -0.05) is 36.4 Å². The SMILES string of the molecule is Cc1cccc(OCCCCn2c(COc3cccc(C)c3)nc3ccccc32)c1. The van der Waals surface area contributed by atoms with Crippen LogP contribution in [0.4, 0.5) is 0 Å². The van der Waals surface area contributed by atoms with Crippen LogP contribution in [-0.2, 0) is 13.2 Å². The molecule has 0 bridgehead atoms. The summed E-state index contributed by atoms with van der Waals surface area (Å²) >= 11 is 0. The molecule has 0 aliphatic heterocycles. The second kappa shape index (κ2) is 9.49. The highest BCUT2D eigenvalue weighted by molar-refractivity contribution is 5.75. The minimum Gasteiger partial charge on any atom is -0.494 e. The van der Waals surface area contributed by atoms with Gasteiger partial charge in [0.15, 0.2) is 0 Å². The Kier molecular flexibility index (Phi) is 6.33. The summed E-state index contributed by atoms with van der Waals surface area (Å²) in [7, 11) is 0. The average molecular weight is 401 g/mol. The molecule has 1 heterocycles. The van der Waals surface area contributed by atoms with Crippen molar-refractivity contribution < 1.29 is 9.47 Å². The topological polar surface area (TPSA) is 36.3 Å². The number of rotatable bonds is 9. The molecule has 4 nitrogen and oxygen atoms in total. The Morgan fingerprint density at radius 3 is 2.20 bits per heavy atom. The van der Waals surface area contributed by atoms with E-state index in [1.807, 2.05) is 30.3 Å². The van der Waals surface area contributed by atoms with Crippen molar-refractivity contribution in [3.63, 3.8) is 0 Å². The maximum absolute atomic E-state index is 6.03. The number of aromatic nitrogens is 2. The van der Waals surface area contributed by atoms with E-state index >= 15 is 0 Å². The lowest BCUT2D eigenvalue weighted by Gasteiger charge is -2.11. The predicted octanol–water partition coefficient (Wildman–Crippen LogP) is 6.09. The van der Waals surface area contributed by atoms with Crippen LogP contribution in [0, 0.1) is 13.8 Å². The van der Waals surface area contributed by atoms with Crippen molar-refractivity contribution >= 4 is 11.0 Å². The number of unbranched alkanes of at least 4 members (excludes halogenated alkanes) is 1. The molecular weight excluding hydrogens is 372 g/mol. The van der Waals surface area contributed by atoms with E-state index in [-0.39, 0.29) is 0 Å². The standard InChI is InChI=1S/C26H28N2O2/c1-20-9-7-11-22(17-20)29-16-6-5-15-28-25-14-4-3-13-24(25)27-26(28)19-30-23-12-8-10-21(2)18-23/h3-4,7-14,17-18H,5-6,15-16,19H2,1-2H3. The maximum atomic E-state index is 6.03. The Bertz CT molecular complexity index is 1120. The minimum atomic E-state index is 0.456. The van der Waals surface area contributed by atoms with Gasteiger partial charge in [0.2, 0.25) is 0 Å². The molecule has 0 spiro atoms. The molecule has 1 aromatic heterocycles. The summed E-state index contributed by atoms with van der Waals surface area (Å²) in [6.45, 7) is 6.21. The fraction of sp³-hybridized carbons (Fsp3) is 0.269. The van der Waals surface area contributed by atoms with Crippen LogP contribution in [0.3, 0.4) is 0 Å². The molecule has 154 valence electrons. The van der Waals surface area contributed by atoms with Crippen LogP contribution >= 0.6 is 0 Å². The highest BCUT2D eigenvalue weighted by Gasteiger charge is 2.11. The summed E-state index contributed by atoms with van der Waals surface area (Å²) in [5.41, 5.74) is 4.57. The van der Waals surface area contributed by atoms with Gasteiger partial charge in [-0.25, -0.2) is 4.98 Å². The lowest BCUT2D eigenvalue weighted by Crippen LogP contribution is -2.09. The first kappa shape index (κ1) is 20.0. The van der Waals surface area contributed by atoms with Gasteiger partial charge in [-0.15, -0.1) is 0 Å². The molecule has 4 heteroatoms. The smallest absolute Gasteiger partial charge is 0.147 e. The fourth-order valence-corrected chi connectivity index (χ4v) is 3.61. The van der Waals surface area contributed by atoms with Crippen LogP contribution in [0.5, 0.6) is 11.5 Å². The number of imidazole rings is 1. The van der Waals surface area contributed by atoms with Crippen LogP contribution in [0.1, 0.15) is 29.8 Å². The molecule has 0 unspecified atom stereocenters. The zero-order chi connectivity index (χ0) is 20.8. The zero-order valence-corrected chi connectivity index (χ0v) is 17.7. The molecule has 0 fully saturated rings. The van der Waals surface area contributed by atoms with Gasteiger partial charge < -0.3 is 14.0 Å². The third-order valence-electron chi connectivity index (χ3n) is 5.13. The fourth-order valence-electron chi connectivity index (χ4n) is 3.61. The van der Waals surface area contributed by atoms with Crippen LogP contribution in [0.15, 0.2) is 72.8 Å². The van der Waals surface area contributed by atoms with Gasteiger partial charge in [-0.05, 0) is 74.2 Å². The monoisotopic (exact) mass is 400 g/mol. The number of fused-ring (bicyclic) bond motifs is 1. The molecule has 30 heavy (non-hydrogen) atoms. The Labute approximate surface area is 178 Å². The van der Waals surface area contributed by atoms with Crippen molar-refractivity contribution in [2.45, 2.75) is 39.8 Å². The maximum Gasteiger partial charge on any atom is 0.147 e. The molecule has 4 rings (SSSR count). The number of para-hydroxylation sites is 2. The highest BCUT2D eigenvalue weighted by atomic mass is 16.5. The Balaban J connectivity index is 1.38. The van der Waals surface area contributed by atoms with Gasteiger partial charge in [-0.3, -0.25) is 0 Å². The molecule has 0 saturated heterocycles. The Hall–Kier alpha value is -3.27. The molecule has 3 aromatic carbocycles. The highest BCUT2D eigenvalue weighted by Crippen LogP contribution is 2.20. The number of aryl methyl sites for hydroxylation is 3. The lowest BCUT2D eigenvalue weighted by atomic mass is 10.2. The van der Waals surface area contributed by atoms with Gasteiger partial charge >= 0.3 is 0 Å². The van der Waals surface area contributed by atoms with Gasteiger partial charge in [0.1, 0.15) is 23.9 Å². The van der Waals surface area contributed by atoms with Crippen molar-refractivity contribution in [1.82, 2.24) is 9.55 Å². The van der Waals surface area contributed by atoms with Crippen molar-refractivity contribution in [2.75, 3.05) is 6.61 Å². The molecule has 4 aromatic rings. The molecule has 0 saturated carbocycles. The van der Waals surface area contributed by atoms with E-state index in [0.717, 1.165) is 47.7 Å².